The summed E-state index contributed by atoms with van der Waals surface area (Å²) in [5.41, 5.74) is 19.2. The summed E-state index contributed by atoms with van der Waals surface area (Å²) in [5, 5.41) is 0. The van der Waals surface area contributed by atoms with Gasteiger partial charge in [0.25, 0.3) is 0 Å². The van der Waals surface area contributed by atoms with Crippen LogP contribution < -0.4 is 0 Å². The van der Waals surface area contributed by atoms with Crippen LogP contribution in [0.2, 0.25) is 0 Å². The highest BCUT2D eigenvalue weighted by atomic mass is 14.3. The van der Waals surface area contributed by atoms with Crippen molar-refractivity contribution in [2.45, 2.75) is 98.8 Å². The molecule has 202 valence electrons. The van der Waals surface area contributed by atoms with E-state index in [-0.39, 0.29) is 10.8 Å². The van der Waals surface area contributed by atoms with Crippen molar-refractivity contribution in [3.8, 4) is 11.1 Å². The van der Waals surface area contributed by atoms with Gasteiger partial charge < -0.3 is 0 Å². The van der Waals surface area contributed by atoms with Crippen LogP contribution in [0.1, 0.15) is 114 Å². The normalized spacial score (nSPS) is 17.4. The molecule has 0 radical (unpaired) electrons. The van der Waals surface area contributed by atoms with Crippen LogP contribution in [-0.4, -0.2) is 0 Å². The van der Waals surface area contributed by atoms with Gasteiger partial charge >= 0.3 is 0 Å². The minimum Gasteiger partial charge on any atom is -0.0835 e. The van der Waals surface area contributed by atoms with Crippen LogP contribution in [0.4, 0.5) is 0 Å². The topological polar surface area (TPSA) is 0 Å². The third kappa shape index (κ3) is 5.11. The van der Waals surface area contributed by atoms with Crippen LogP contribution in [0.25, 0.3) is 22.3 Å². The van der Waals surface area contributed by atoms with Crippen LogP contribution in [0.5, 0.6) is 0 Å². The van der Waals surface area contributed by atoms with E-state index in [0.29, 0.717) is 0 Å². The van der Waals surface area contributed by atoms with Crippen molar-refractivity contribution in [1.82, 2.24) is 0 Å². The summed E-state index contributed by atoms with van der Waals surface area (Å²) >= 11 is 0. The number of hydrogen-bond donors (Lipinski definition) is 0. The molecule has 0 spiro atoms. The molecule has 0 N–H and O–H groups in total. The zero-order valence-corrected chi connectivity index (χ0v) is 25.7. The Balaban J connectivity index is 1.52. The maximum atomic E-state index is 2.51. The van der Waals surface area contributed by atoms with Crippen molar-refractivity contribution < 1.29 is 0 Å². The summed E-state index contributed by atoms with van der Waals surface area (Å²) in [7, 11) is 0. The standard InChI is InChI=1S/C39H46/c1-10-26-21-27-16-18-29(38(4,5)6)23-35(27)32(26)20-15-25(3)31(11-2)33-13-12-14-34-36-24-30(39(7,8)9)19-17-28(36)22-37(33)34/h10,12-14,16-20,23-24H,11,15,21-22H2,1-9H3/b26-10-,31-25+,32-20+. The minimum atomic E-state index is 0.156. The predicted molar refractivity (Wildman–Crippen MR) is 171 cm³/mol. The molecule has 0 saturated carbocycles. The van der Waals surface area contributed by atoms with Crippen LogP contribution in [-0.2, 0) is 23.7 Å². The van der Waals surface area contributed by atoms with Crippen molar-refractivity contribution in [1.29, 1.82) is 0 Å². The van der Waals surface area contributed by atoms with Gasteiger partial charge in [0.15, 0.2) is 0 Å². The van der Waals surface area contributed by atoms with Crippen molar-refractivity contribution in [2.24, 2.45) is 0 Å². The second kappa shape index (κ2) is 10.1. The van der Waals surface area contributed by atoms with Crippen LogP contribution in [0.3, 0.4) is 0 Å². The van der Waals surface area contributed by atoms with Gasteiger partial charge in [-0.1, -0.05) is 121 Å². The van der Waals surface area contributed by atoms with Gasteiger partial charge in [0.05, 0.1) is 0 Å². The van der Waals surface area contributed by atoms with E-state index in [1.807, 2.05) is 0 Å². The predicted octanol–water partition coefficient (Wildman–Crippen LogP) is 11.0. The Morgan fingerprint density at radius 1 is 0.769 bits per heavy atom. The summed E-state index contributed by atoms with van der Waals surface area (Å²) < 4.78 is 0. The van der Waals surface area contributed by atoms with Gasteiger partial charge in [-0.3, -0.25) is 0 Å². The zero-order chi connectivity index (χ0) is 28.1. The van der Waals surface area contributed by atoms with E-state index < -0.39 is 0 Å². The Morgan fingerprint density at radius 2 is 1.38 bits per heavy atom. The third-order valence-corrected chi connectivity index (χ3v) is 8.96. The lowest BCUT2D eigenvalue weighted by atomic mass is 9.85. The molecule has 0 atom stereocenters. The molecule has 0 unspecified atom stereocenters. The van der Waals surface area contributed by atoms with E-state index in [1.165, 1.54) is 72.4 Å². The molecule has 2 aliphatic carbocycles. The summed E-state index contributed by atoms with van der Waals surface area (Å²) in [6.07, 6.45) is 8.94. The summed E-state index contributed by atoms with van der Waals surface area (Å²) in [6, 6.07) is 21.3. The number of allylic oxidation sites excluding steroid dienone is 6. The first-order chi connectivity index (χ1) is 18.4. The first-order valence-electron chi connectivity index (χ1n) is 14.9. The Bertz CT molecular complexity index is 1520. The van der Waals surface area contributed by atoms with Gasteiger partial charge in [0.2, 0.25) is 0 Å². The van der Waals surface area contributed by atoms with E-state index in [9.17, 15) is 0 Å². The molecule has 39 heavy (non-hydrogen) atoms. The van der Waals surface area contributed by atoms with Gasteiger partial charge in [-0.05, 0) is 117 Å². The van der Waals surface area contributed by atoms with Crippen LogP contribution in [0.15, 0.2) is 77.9 Å². The zero-order valence-electron chi connectivity index (χ0n) is 25.7. The molecule has 0 saturated heterocycles. The molecule has 5 rings (SSSR count). The van der Waals surface area contributed by atoms with Crippen molar-refractivity contribution >= 4 is 11.1 Å². The van der Waals surface area contributed by atoms with Gasteiger partial charge in [0, 0.05) is 0 Å². The number of benzene rings is 3. The fraction of sp³-hybridized carbons (Fsp3) is 0.385. The lowest BCUT2D eigenvalue weighted by Crippen LogP contribution is -2.11. The van der Waals surface area contributed by atoms with E-state index >= 15 is 0 Å². The Labute approximate surface area is 237 Å². The van der Waals surface area contributed by atoms with Gasteiger partial charge in [-0.15, -0.1) is 0 Å². The molecular weight excluding hydrogens is 468 g/mol. The molecule has 3 aromatic rings. The summed E-state index contributed by atoms with van der Waals surface area (Å²) in [6.45, 7) is 20.7. The molecule has 2 aliphatic rings. The smallest absolute Gasteiger partial charge is 0.000740 e. The molecule has 3 aromatic carbocycles. The Morgan fingerprint density at radius 3 is 1.97 bits per heavy atom. The largest absolute Gasteiger partial charge is 0.0835 e. The first kappa shape index (κ1) is 27.4. The van der Waals surface area contributed by atoms with Crippen LogP contribution in [0, 0.1) is 0 Å². The molecule has 0 aliphatic heterocycles. The van der Waals surface area contributed by atoms with Crippen molar-refractivity contribution in [3.05, 3.63) is 117 Å². The summed E-state index contributed by atoms with van der Waals surface area (Å²) in [4.78, 5) is 0. The molecule has 0 aromatic heterocycles. The lowest BCUT2D eigenvalue weighted by Gasteiger charge is -2.20. The fourth-order valence-corrected chi connectivity index (χ4v) is 6.47. The first-order valence-corrected chi connectivity index (χ1v) is 14.9. The van der Waals surface area contributed by atoms with Crippen molar-refractivity contribution in [2.75, 3.05) is 0 Å². The number of rotatable bonds is 4. The monoisotopic (exact) mass is 514 g/mol. The van der Waals surface area contributed by atoms with Gasteiger partial charge in [-0.25, -0.2) is 0 Å². The highest BCUT2D eigenvalue weighted by Gasteiger charge is 2.26. The summed E-state index contributed by atoms with van der Waals surface area (Å²) in [5.74, 6) is 0. The number of hydrogen-bond acceptors (Lipinski definition) is 0. The van der Waals surface area contributed by atoms with E-state index in [0.717, 1.165) is 25.7 Å². The molecular formula is C39H46. The lowest BCUT2D eigenvalue weighted by molar-refractivity contribution is 0.590. The van der Waals surface area contributed by atoms with Crippen molar-refractivity contribution in [3.63, 3.8) is 0 Å². The quantitative estimate of drug-likeness (QED) is 0.254. The number of fused-ring (bicyclic) bond motifs is 4. The third-order valence-electron chi connectivity index (χ3n) is 8.96. The van der Waals surface area contributed by atoms with Gasteiger partial charge in [-0.2, -0.15) is 0 Å². The minimum absolute atomic E-state index is 0.156. The molecule has 0 nitrogen and oxygen atoms in total. The second-order valence-corrected chi connectivity index (χ2v) is 13.7. The SMILES string of the molecule is C/C=C1/Cc2ccc(C(C)(C)C)cc2/C1=C/C/C(C)=C(\CC)c1cccc2c1Cc1ccc(C(C)(C)C)cc1-2. The second-order valence-electron chi connectivity index (χ2n) is 13.7. The van der Waals surface area contributed by atoms with E-state index in [2.05, 4.69) is 129 Å². The highest BCUT2D eigenvalue weighted by Crippen LogP contribution is 2.44. The maximum absolute atomic E-state index is 2.51. The Hall–Kier alpha value is -3.12. The average molecular weight is 515 g/mol. The highest BCUT2D eigenvalue weighted by molar-refractivity contribution is 5.87. The van der Waals surface area contributed by atoms with E-state index in [4.69, 9.17) is 0 Å². The average Bonchev–Trinajstić information content (AvgIpc) is 3.44. The van der Waals surface area contributed by atoms with Crippen LogP contribution >= 0.6 is 0 Å². The molecule has 0 bridgehead atoms. The molecule has 0 fully saturated rings. The molecule has 0 amide bonds. The molecule has 0 heteroatoms. The maximum Gasteiger partial charge on any atom is -0.000740 e. The van der Waals surface area contributed by atoms with E-state index in [1.54, 1.807) is 0 Å². The Kier molecular flexibility index (Phi) is 7.13. The molecule has 0 heterocycles. The fourth-order valence-electron chi connectivity index (χ4n) is 6.47. The van der Waals surface area contributed by atoms with Gasteiger partial charge in [0.1, 0.15) is 0 Å².